The van der Waals surface area contributed by atoms with Crippen LogP contribution < -0.4 is 14.4 Å². The molecule has 1 aromatic heterocycles. The molecule has 2 amide bonds. The number of aryl methyl sites for hydroxylation is 3. The monoisotopic (exact) mass is 838 g/mol. The highest BCUT2D eigenvalue weighted by Crippen LogP contribution is 2.47. The van der Waals surface area contributed by atoms with Gasteiger partial charge in [-0.05, 0) is 98.6 Å². The van der Waals surface area contributed by atoms with Crippen LogP contribution in [-0.2, 0) is 44.8 Å². The number of nitrogens with one attached hydrogen (secondary N) is 1. The predicted molar refractivity (Wildman–Crippen MR) is 234 cm³/mol. The summed E-state index contributed by atoms with van der Waals surface area (Å²) in [6.45, 7) is 12.5. The van der Waals surface area contributed by atoms with Gasteiger partial charge in [0.25, 0.3) is 11.8 Å². The van der Waals surface area contributed by atoms with Crippen molar-refractivity contribution in [1.29, 1.82) is 0 Å². The Hall–Kier alpha value is -4.01. The van der Waals surface area contributed by atoms with Crippen molar-refractivity contribution in [2.24, 2.45) is 29.2 Å². The second kappa shape index (κ2) is 17.0. The third-order valence-electron chi connectivity index (χ3n) is 14.3. The second-order valence-corrected chi connectivity index (χ2v) is 20.6. The van der Waals surface area contributed by atoms with Gasteiger partial charge in [0.2, 0.25) is 0 Å². The first-order valence-electron chi connectivity index (χ1n) is 22.1. The molecule has 1 spiro atoms. The van der Waals surface area contributed by atoms with E-state index in [9.17, 15) is 13.8 Å². The van der Waals surface area contributed by atoms with Crippen molar-refractivity contribution in [3.8, 4) is 5.75 Å². The number of anilines is 1. The third kappa shape index (κ3) is 8.44. The maximum atomic E-state index is 14.9. The van der Waals surface area contributed by atoms with Gasteiger partial charge in [0.05, 0.1) is 49.0 Å². The summed E-state index contributed by atoms with van der Waals surface area (Å²) in [7, 11) is 0.170. The molecular formula is C47H62N6O6S. The lowest BCUT2D eigenvalue weighted by Crippen LogP contribution is -2.56. The zero-order valence-electron chi connectivity index (χ0n) is 35.8. The van der Waals surface area contributed by atoms with E-state index < -0.39 is 21.7 Å². The summed E-state index contributed by atoms with van der Waals surface area (Å²) >= 11 is 0. The Morgan fingerprint density at radius 1 is 1.08 bits per heavy atom. The van der Waals surface area contributed by atoms with Crippen LogP contribution >= 0.6 is 0 Å². The van der Waals surface area contributed by atoms with Crippen LogP contribution in [0.15, 0.2) is 65.2 Å². The molecule has 2 aliphatic carbocycles. The Morgan fingerprint density at radius 2 is 1.92 bits per heavy atom. The van der Waals surface area contributed by atoms with Crippen molar-refractivity contribution >= 4 is 27.4 Å². The molecule has 1 saturated carbocycles. The quantitative estimate of drug-likeness (QED) is 0.303. The molecule has 2 bridgehead atoms. The molecular weight excluding hydrogens is 777 g/mol. The number of allylic oxidation sites excluding steroid dienone is 1. The van der Waals surface area contributed by atoms with Gasteiger partial charge in [-0.1, -0.05) is 42.8 Å². The number of aromatic nitrogens is 1. The minimum atomic E-state index is -3.55. The predicted octanol–water partition coefficient (Wildman–Crippen LogP) is 5.91. The first-order valence-corrected chi connectivity index (χ1v) is 23.8. The molecule has 2 saturated heterocycles. The molecule has 2 aromatic carbocycles. The SMILES string of the molecule is CO[C@H]1/C=C/C[C@H](C)C[S@@](=O)(NC(=O)c2cc(CN3CCN(C4COC4)CC3)n(C)c2)=NC(=O)c2ccc3c(c2)N(C[C@@H]2CC[C@H]21)C[C@@]1(CCCc2cc(C)ccc21)CO3. The summed E-state index contributed by atoms with van der Waals surface area (Å²) in [4.78, 5) is 35.6. The number of nitrogens with zero attached hydrogens (tertiary/aromatic N) is 5. The number of hydrogen-bond donors (Lipinski definition) is 1. The number of hydrogen-bond acceptors (Lipinski definition) is 9. The lowest BCUT2D eigenvalue weighted by molar-refractivity contribution is -0.0775. The standard InChI is InChI=1S/C47H62N6O6S/c1-32-10-14-41-34(21-32)8-6-16-47(41)30-53-25-36-11-13-40(36)43(57-4)9-5-7-33(2)29-60(56,48-45(54)35-12-15-44(59-31-47)42(53)23-35)49-46(55)37-22-38(50(3)24-37)26-51-17-19-52(20-18-51)39-27-58-28-39/h5,9-10,12,14-15,21-24,33,36,39-40,43H,6-8,11,13,16-20,25-31H2,1-4H3,(H,48,49,54,55,56)/b9-5+/t33-,36-,40+,43-,47-,60-/m0/s1. The van der Waals surface area contributed by atoms with E-state index in [4.69, 9.17) is 14.2 Å². The molecule has 60 heavy (non-hydrogen) atoms. The lowest BCUT2D eigenvalue weighted by Gasteiger charge is -2.46. The summed E-state index contributed by atoms with van der Waals surface area (Å²) in [6.07, 6.45) is 12.0. The van der Waals surface area contributed by atoms with Crippen LogP contribution in [0, 0.1) is 24.7 Å². The van der Waals surface area contributed by atoms with Crippen LogP contribution in [0.25, 0.3) is 0 Å². The number of fused-ring (bicyclic) bond motifs is 4. The Kier molecular flexibility index (Phi) is 11.7. The smallest absolute Gasteiger partial charge is 0.286 e. The van der Waals surface area contributed by atoms with Gasteiger partial charge in [0, 0.05) is 82.8 Å². The highest BCUT2D eigenvalue weighted by atomic mass is 32.2. The van der Waals surface area contributed by atoms with E-state index in [0.29, 0.717) is 48.6 Å². The molecule has 6 aliphatic rings. The number of carbonyl (C=O) groups excluding carboxylic acids is 2. The van der Waals surface area contributed by atoms with Crippen molar-refractivity contribution < 1.29 is 28.0 Å². The summed E-state index contributed by atoms with van der Waals surface area (Å²) < 4.78 is 42.4. The molecule has 9 rings (SSSR count). The second-order valence-electron chi connectivity index (χ2n) is 18.6. The van der Waals surface area contributed by atoms with Gasteiger partial charge < -0.3 is 23.7 Å². The number of methoxy groups -OCH3 is 1. The zero-order valence-corrected chi connectivity index (χ0v) is 36.6. The molecule has 3 fully saturated rings. The highest BCUT2D eigenvalue weighted by molar-refractivity contribution is 7.92. The van der Waals surface area contributed by atoms with E-state index in [0.717, 1.165) is 102 Å². The Labute approximate surface area is 355 Å². The van der Waals surface area contributed by atoms with Crippen molar-refractivity contribution in [2.75, 3.05) is 76.9 Å². The fourth-order valence-corrected chi connectivity index (χ4v) is 12.5. The fraction of sp³-hybridized carbons (Fsp3) is 0.574. The lowest BCUT2D eigenvalue weighted by atomic mass is 9.68. The Balaban J connectivity index is 1.01. The van der Waals surface area contributed by atoms with Crippen LogP contribution in [-0.4, -0.2) is 114 Å². The van der Waals surface area contributed by atoms with Crippen LogP contribution in [0.4, 0.5) is 5.69 Å². The number of ether oxygens (including phenoxy) is 3. The third-order valence-corrected chi connectivity index (χ3v) is 16.2. The van der Waals surface area contributed by atoms with Crippen LogP contribution in [0.3, 0.4) is 0 Å². The molecule has 3 aromatic rings. The molecule has 322 valence electrons. The van der Waals surface area contributed by atoms with Gasteiger partial charge in [0.15, 0.2) is 0 Å². The summed E-state index contributed by atoms with van der Waals surface area (Å²) in [5, 5.41) is 0. The van der Waals surface area contributed by atoms with Gasteiger partial charge in [-0.15, -0.1) is 4.36 Å². The van der Waals surface area contributed by atoms with Crippen LogP contribution in [0.5, 0.6) is 5.75 Å². The van der Waals surface area contributed by atoms with Crippen molar-refractivity contribution in [3.05, 3.63) is 94.3 Å². The Morgan fingerprint density at radius 3 is 2.67 bits per heavy atom. The van der Waals surface area contributed by atoms with Gasteiger partial charge in [-0.3, -0.25) is 24.1 Å². The van der Waals surface area contributed by atoms with Crippen LogP contribution in [0.1, 0.15) is 82.1 Å². The number of carbonyl (C=O) groups is 2. The average Bonchev–Trinajstić information content (AvgIpc) is 3.48. The van der Waals surface area contributed by atoms with Crippen molar-refractivity contribution in [3.63, 3.8) is 0 Å². The normalized spacial score (nSPS) is 30.8. The number of amides is 2. The summed E-state index contributed by atoms with van der Waals surface area (Å²) in [6, 6.07) is 14.7. The molecule has 4 aliphatic heterocycles. The molecule has 1 N–H and O–H groups in total. The minimum absolute atomic E-state index is 0.0239. The van der Waals surface area contributed by atoms with E-state index in [2.05, 4.69) is 61.1 Å². The average molecular weight is 839 g/mol. The molecule has 5 heterocycles. The van der Waals surface area contributed by atoms with E-state index in [1.807, 2.05) is 36.7 Å². The first-order chi connectivity index (χ1) is 29.0. The topological polar surface area (TPSA) is 118 Å². The number of piperazine rings is 1. The van der Waals surface area contributed by atoms with E-state index in [1.54, 1.807) is 19.4 Å². The maximum absolute atomic E-state index is 14.9. The Bertz CT molecular complexity index is 2250. The van der Waals surface area contributed by atoms with E-state index in [-0.39, 0.29) is 23.2 Å². The van der Waals surface area contributed by atoms with Gasteiger partial charge in [-0.25, -0.2) is 4.21 Å². The van der Waals surface area contributed by atoms with Gasteiger partial charge >= 0.3 is 0 Å². The molecule has 0 radical (unpaired) electrons. The molecule has 13 heteroatoms. The van der Waals surface area contributed by atoms with Gasteiger partial charge in [0.1, 0.15) is 15.7 Å². The summed E-state index contributed by atoms with van der Waals surface area (Å²) in [5.74, 6) is 0.261. The van der Waals surface area contributed by atoms with Crippen molar-refractivity contribution in [1.82, 2.24) is 19.1 Å². The van der Waals surface area contributed by atoms with Gasteiger partial charge in [-0.2, -0.15) is 0 Å². The molecule has 12 nitrogen and oxygen atoms in total. The fourth-order valence-electron chi connectivity index (χ4n) is 10.6. The number of benzene rings is 2. The first kappa shape index (κ1) is 41.3. The minimum Gasteiger partial charge on any atom is -0.490 e. The maximum Gasteiger partial charge on any atom is 0.286 e. The van der Waals surface area contributed by atoms with E-state index in [1.165, 1.54) is 16.7 Å². The summed E-state index contributed by atoms with van der Waals surface area (Å²) in [5.41, 5.74) is 6.40. The number of rotatable bonds is 6. The van der Waals surface area contributed by atoms with Crippen LogP contribution in [0.2, 0.25) is 0 Å². The zero-order chi connectivity index (χ0) is 41.6. The molecule has 0 unspecified atom stereocenters. The molecule has 6 atom stereocenters. The highest BCUT2D eigenvalue weighted by Gasteiger charge is 2.44. The van der Waals surface area contributed by atoms with E-state index >= 15 is 0 Å². The largest absolute Gasteiger partial charge is 0.490 e. The van der Waals surface area contributed by atoms with Crippen molar-refractivity contribution in [2.45, 2.75) is 76.5 Å².